The van der Waals surface area contributed by atoms with Crippen molar-refractivity contribution >= 4 is 11.6 Å². The van der Waals surface area contributed by atoms with Crippen molar-refractivity contribution in [1.29, 1.82) is 0 Å². The molecule has 1 aromatic heterocycles. The van der Waals surface area contributed by atoms with Crippen LogP contribution in [-0.4, -0.2) is 16.0 Å². The molecule has 96 valence electrons. The molecular weight excluding hydrogens is 212 g/mol. The van der Waals surface area contributed by atoms with E-state index in [-0.39, 0.29) is 0 Å². The standard InChI is InChI=1S/C13H24N4/c1-4-6-7-8-10(3)17-13-11(5-2)12(14)15-9-16-13/h9-10H,4-8H2,1-3H3,(H3,14,15,16,17). The van der Waals surface area contributed by atoms with Gasteiger partial charge in [0, 0.05) is 11.6 Å². The highest BCUT2D eigenvalue weighted by atomic mass is 15.0. The molecule has 0 aromatic carbocycles. The monoisotopic (exact) mass is 236 g/mol. The zero-order valence-electron chi connectivity index (χ0n) is 11.2. The second-order valence-electron chi connectivity index (χ2n) is 4.48. The van der Waals surface area contributed by atoms with E-state index in [9.17, 15) is 0 Å². The number of nitrogen functional groups attached to an aromatic ring is 1. The SMILES string of the molecule is CCCCCC(C)Nc1ncnc(N)c1CC. The average molecular weight is 236 g/mol. The molecule has 0 fully saturated rings. The van der Waals surface area contributed by atoms with Gasteiger partial charge in [0.1, 0.15) is 18.0 Å². The molecule has 1 aromatic rings. The Hall–Kier alpha value is -1.32. The van der Waals surface area contributed by atoms with E-state index in [0.717, 1.165) is 17.8 Å². The number of nitrogens with two attached hydrogens (primary N) is 1. The third-order valence-corrected chi connectivity index (χ3v) is 2.96. The second kappa shape index (κ2) is 7.09. The predicted octanol–water partition coefficient (Wildman–Crippen LogP) is 3.00. The molecule has 1 rings (SSSR count). The number of hydrogen-bond acceptors (Lipinski definition) is 4. The van der Waals surface area contributed by atoms with Crippen LogP contribution in [-0.2, 0) is 6.42 Å². The quantitative estimate of drug-likeness (QED) is 0.714. The fraction of sp³-hybridized carbons (Fsp3) is 0.692. The van der Waals surface area contributed by atoms with E-state index in [2.05, 4.69) is 36.1 Å². The van der Waals surface area contributed by atoms with Crippen molar-refractivity contribution in [3.63, 3.8) is 0 Å². The summed E-state index contributed by atoms with van der Waals surface area (Å²) >= 11 is 0. The molecule has 0 radical (unpaired) electrons. The van der Waals surface area contributed by atoms with Crippen LogP contribution in [0.3, 0.4) is 0 Å². The first-order chi connectivity index (χ1) is 8.19. The number of nitrogens with zero attached hydrogens (tertiary/aromatic N) is 2. The molecule has 0 aliphatic heterocycles. The van der Waals surface area contributed by atoms with Gasteiger partial charge in [-0.2, -0.15) is 0 Å². The lowest BCUT2D eigenvalue weighted by molar-refractivity contribution is 0.613. The number of anilines is 2. The van der Waals surface area contributed by atoms with Gasteiger partial charge in [0.25, 0.3) is 0 Å². The van der Waals surface area contributed by atoms with E-state index in [4.69, 9.17) is 5.73 Å². The van der Waals surface area contributed by atoms with Crippen LogP contribution in [0, 0.1) is 0 Å². The van der Waals surface area contributed by atoms with Crippen LogP contribution in [0.5, 0.6) is 0 Å². The van der Waals surface area contributed by atoms with Gasteiger partial charge < -0.3 is 11.1 Å². The summed E-state index contributed by atoms with van der Waals surface area (Å²) in [6.07, 6.45) is 7.35. The van der Waals surface area contributed by atoms with Crippen LogP contribution in [0.1, 0.15) is 52.0 Å². The topological polar surface area (TPSA) is 63.8 Å². The van der Waals surface area contributed by atoms with Gasteiger partial charge in [0.2, 0.25) is 0 Å². The molecule has 0 aliphatic rings. The van der Waals surface area contributed by atoms with Gasteiger partial charge in [0.05, 0.1) is 0 Å². The summed E-state index contributed by atoms with van der Waals surface area (Å²) < 4.78 is 0. The minimum Gasteiger partial charge on any atom is -0.383 e. The summed E-state index contributed by atoms with van der Waals surface area (Å²) in [5.74, 6) is 1.48. The van der Waals surface area contributed by atoms with Crippen molar-refractivity contribution in [3.05, 3.63) is 11.9 Å². The van der Waals surface area contributed by atoms with Crippen LogP contribution < -0.4 is 11.1 Å². The van der Waals surface area contributed by atoms with Crippen LogP contribution in [0.4, 0.5) is 11.6 Å². The number of aromatic nitrogens is 2. The van der Waals surface area contributed by atoms with Crippen LogP contribution >= 0.6 is 0 Å². The lowest BCUT2D eigenvalue weighted by atomic mass is 10.1. The fourth-order valence-electron chi connectivity index (χ4n) is 1.90. The summed E-state index contributed by atoms with van der Waals surface area (Å²) in [5, 5.41) is 3.43. The number of unbranched alkanes of at least 4 members (excludes halogenated alkanes) is 2. The Labute approximate surface area is 104 Å². The first-order valence-corrected chi connectivity index (χ1v) is 6.54. The van der Waals surface area contributed by atoms with Crippen molar-refractivity contribution in [2.24, 2.45) is 0 Å². The minimum atomic E-state index is 0.432. The van der Waals surface area contributed by atoms with E-state index in [1.54, 1.807) is 0 Å². The number of nitrogens with one attached hydrogen (secondary N) is 1. The van der Waals surface area contributed by atoms with Crippen molar-refractivity contribution in [2.75, 3.05) is 11.1 Å². The molecule has 4 heteroatoms. The van der Waals surface area contributed by atoms with Crippen molar-refractivity contribution in [1.82, 2.24) is 9.97 Å². The maximum atomic E-state index is 5.84. The van der Waals surface area contributed by atoms with Crippen LogP contribution in [0.15, 0.2) is 6.33 Å². The first kappa shape index (κ1) is 13.7. The maximum absolute atomic E-state index is 5.84. The highest BCUT2D eigenvalue weighted by Crippen LogP contribution is 2.19. The van der Waals surface area contributed by atoms with Gasteiger partial charge in [-0.3, -0.25) is 0 Å². The second-order valence-corrected chi connectivity index (χ2v) is 4.48. The highest BCUT2D eigenvalue weighted by Gasteiger charge is 2.09. The molecule has 1 unspecified atom stereocenters. The molecule has 17 heavy (non-hydrogen) atoms. The first-order valence-electron chi connectivity index (χ1n) is 6.54. The Morgan fingerprint density at radius 1 is 1.29 bits per heavy atom. The van der Waals surface area contributed by atoms with Crippen LogP contribution in [0.2, 0.25) is 0 Å². The van der Waals surface area contributed by atoms with Gasteiger partial charge in [-0.25, -0.2) is 9.97 Å². The lowest BCUT2D eigenvalue weighted by Gasteiger charge is -2.17. The third-order valence-electron chi connectivity index (χ3n) is 2.96. The average Bonchev–Trinajstić information content (AvgIpc) is 2.29. The molecule has 1 heterocycles. The third kappa shape index (κ3) is 4.21. The lowest BCUT2D eigenvalue weighted by Crippen LogP contribution is -2.18. The van der Waals surface area contributed by atoms with Crippen molar-refractivity contribution in [2.45, 2.75) is 58.9 Å². The van der Waals surface area contributed by atoms with Gasteiger partial charge in [-0.15, -0.1) is 0 Å². The summed E-state index contributed by atoms with van der Waals surface area (Å²) in [6.45, 7) is 6.48. The summed E-state index contributed by atoms with van der Waals surface area (Å²) in [4.78, 5) is 8.30. The van der Waals surface area contributed by atoms with Crippen molar-refractivity contribution in [3.8, 4) is 0 Å². The largest absolute Gasteiger partial charge is 0.383 e. The Morgan fingerprint density at radius 2 is 2.06 bits per heavy atom. The predicted molar refractivity (Wildman–Crippen MR) is 73.0 cm³/mol. The van der Waals surface area contributed by atoms with E-state index in [1.807, 2.05) is 0 Å². The van der Waals surface area contributed by atoms with Crippen LogP contribution in [0.25, 0.3) is 0 Å². The van der Waals surface area contributed by atoms with Gasteiger partial charge in [-0.1, -0.05) is 33.1 Å². The smallest absolute Gasteiger partial charge is 0.134 e. The molecule has 0 bridgehead atoms. The Morgan fingerprint density at radius 3 is 2.71 bits per heavy atom. The van der Waals surface area contributed by atoms with E-state index in [0.29, 0.717) is 11.9 Å². The number of rotatable bonds is 7. The zero-order valence-corrected chi connectivity index (χ0v) is 11.2. The van der Waals surface area contributed by atoms with E-state index in [1.165, 1.54) is 32.0 Å². The molecule has 0 saturated heterocycles. The van der Waals surface area contributed by atoms with E-state index < -0.39 is 0 Å². The molecular formula is C13H24N4. The normalized spacial score (nSPS) is 12.4. The molecule has 0 spiro atoms. The molecule has 0 amide bonds. The highest BCUT2D eigenvalue weighted by molar-refractivity contribution is 5.55. The maximum Gasteiger partial charge on any atom is 0.134 e. The summed E-state index contributed by atoms with van der Waals surface area (Å²) in [7, 11) is 0. The molecule has 4 nitrogen and oxygen atoms in total. The zero-order chi connectivity index (χ0) is 12.7. The minimum absolute atomic E-state index is 0.432. The fourth-order valence-corrected chi connectivity index (χ4v) is 1.90. The molecule has 3 N–H and O–H groups in total. The Balaban J connectivity index is 2.58. The Bertz CT molecular complexity index is 338. The summed E-state index contributed by atoms with van der Waals surface area (Å²) in [6, 6.07) is 0.432. The molecule has 1 atom stereocenters. The van der Waals surface area contributed by atoms with Gasteiger partial charge in [0.15, 0.2) is 0 Å². The Kier molecular flexibility index (Phi) is 5.73. The van der Waals surface area contributed by atoms with Gasteiger partial charge in [-0.05, 0) is 19.8 Å². The molecule has 0 saturated carbocycles. The van der Waals surface area contributed by atoms with E-state index >= 15 is 0 Å². The summed E-state index contributed by atoms with van der Waals surface area (Å²) in [5.41, 5.74) is 6.86. The van der Waals surface area contributed by atoms with Gasteiger partial charge >= 0.3 is 0 Å². The van der Waals surface area contributed by atoms with Crippen molar-refractivity contribution < 1.29 is 0 Å². The number of hydrogen-bond donors (Lipinski definition) is 2. The molecule has 0 aliphatic carbocycles.